The fourth-order valence-electron chi connectivity index (χ4n) is 3.09. The SMILES string of the molecule is O=C1OCCN1CCCNC1(c2ccc(F)cc2)CCC1. The third-order valence-electron chi connectivity index (χ3n) is 4.52. The van der Waals surface area contributed by atoms with Crippen molar-refractivity contribution in [2.75, 3.05) is 26.2 Å². The van der Waals surface area contributed by atoms with Crippen LogP contribution in [0.5, 0.6) is 0 Å². The normalized spacial score (nSPS) is 20.2. The molecule has 1 aromatic carbocycles. The molecule has 0 atom stereocenters. The summed E-state index contributed by atoms with van der Waals surface area (Å²) in [6.07, 6.45) is 4.07. The molecule has 0 bridgehead atoms. The number of carbonyl (C=O) groups is 1. The van der Waals surface area contributed by atoms with Crippen LogP contribution in [0.3, 0.4) is 0 Å². The standard InChI is InChI=1S/C16H21FN2O2/c17-14-5-3-13(4-6-14)16(7-1-8-16)18-9-2-10-19-11-12-21-15(19)20/h3-6,18H,1-2,7-12H2. The van der Waals surface area contributed by atoms with Crippen molar-refractivity contribution in [3.63, 3.8) is 0 Å². The van der Waals surface area contributed by atoms with E-state index in [1.54, 1.807) is 4.90 Å². The first-order chi connectivity index (χ1) is 10.2. The van der Waals surface area contributed by atoms with Gasteiger partial charge in [0.25, 0.3) is 0 Å². The molecule has 1 amide bonds. The number of halogens is 1. The third kappa shape index (κ3) is 3.02. The van der Waals surface area contributed by atoms with E-state index in [9.17, 15) is 9.18 Å². The first-order valence-electron chi connectivity index (χ1n) is 7.62. The summed E-state index contributed by atoms with van der Waals surface area (Å²) in [6.45, 7) is 2.78. The van der Waals surface area contributed by atoms with Gasteiger partial charge in [0.05, 0.1) is 6.54 Å². The maximum absolute atomic E-state index is 13.0. The second-order valence-electron chi connectivity index (χ2n) is 5.82. The monoisotopic (exact) mass is 292 g/mol. The molecule has 1 saturated carbocycles. The molecule has 1 aromatic rings. The number of carbonyl (C=O) groups excluding carboxylic acids is 1. The molecule has 114 valence electrons. The predicted octanol–water partition coefficient (Wildman–Crippen LogP) is 2.64. The average Bonchev–Trinajstić information content (AvgIpc) is 2.84. The highest BCUT2D eigenvalue weighted by molar-refractivity contribution is 5.69. The summed E-state index contributed by atoms with van der Waals surface area (Å²) in [5, 5.41) is 3.61. The van der Waals surface area contributed by atoms with Crippen molar-refractivity contribution in [2.24, 2.45) is 0 Å². The Labute approximate surface area is 124 Å². The van der Waals surface area contributed by atoms with Gasteiger partial charge in [0.2, 0.25) is 0 Å². The minimum absolute atomic E-state index is 0.000776. The maximum atomic E-state index is 13.0. The molecule has 0 spiro atoms. The Morgan fingerprint density at radius 1 is 1.29 bits per heavy atom. The van der Waals surface area contributed by atoms with E-state index in [1.807, 2.05) is 12.1 Å². The molecule has 2 fully saturated rings. The summed E-state index contributed by atoms with van der Waals surface area (Å²) in [5.41, 5.74) is 1.16. The molecule has 4 nitrogen and oxygen atoms in total. The first kappa shape index (κ1) is 14.3. The van der Waals surface area contributed by atoms with E-state index in [1.165, 1.54) is 18.6 Å². The van der Waals surface area contributed by atoms with Crippen LogP contribution in [0, 0.1) is 5.82 Å². The number of rotatable bonds is 6. The minimum atomic E-state index is -0.202. The molecular weight excluding hydrogens is 271 g/mol. The Morgan fingerprint density at radius 3 is 2.62 bits per heavy atom. The minimum Gasteiger partial charge on any atom is -0.448 e. The molecule has 1 heterocycles. The quantitative estimate of drug-likeness (QED) is 0.820. The Hall–Kier alpha value is -1.62. The Kier molecular flexibility index (Phi) is 4.10. The number of hydrogen-bond donors (Lipinski definition) is 1. The van der Waals surface area contributed by atoms with Gasteiger partial charge >= 0.3 is 6.09 Å². The van der Waals surface area contributed by atoms with Crippen molar-refractivity contribution in [3.8, 4) is 0 Å². The van der Waals surface area contributed by atoms with Gasteiger partial charge in [-0.25, -0.2) is 9.18 Å². The summed E-state index contributed by atoms with van der Waals surface area (Å²) in [7, 11) is 0. The van der Waals surface area contributed by atoms with Crippen LogP contribution in [0.1, 0.15) is 31.2 Å². The molecule has 1 N–H and O–H groups in total. The van der Waals surface area contributed by atoms with E-state index in [0.29, 0.717) is 13.2 Å². The Morgan fingerprint density at radius 2 is 2.05 bits per heavy atom. The van der Waals surface area contributed by atoms with Crippen LogP contribution < -0.4 is 5.32 Å². The number of amides is 1. The molecule has 3 rings (SSSR count). The highest BCUT2D eigenvalue weighted by Crippen LogP contribution is 2.41. The van der Waals surface area contributed by atoms with Gasteiger partial charge in [-0.2, -0.15) is 0 Å². The molecule has 1 aliphatic heterocycles. The van der Waals surface area contributed by atoms with E-state index in [4.69, 9.17) is 4.74 Å². The number of ether oxygens (including phenoxy) is 1. The molecule has 2 aliphatic rings. The topological polar surface area (TPSA) is 41.6 Å². The van der Waals surface area contributed by atoms with Crippen LogP contribution in [0.25, 0.3) is 0 Å². The van der Waals surface area contributed by atoms with Crippen molar-refractivity contribution < 1.29 is 13.9 Å². The predicted molar refractivity (Wildman–Crippen MR) is 77.5 cm³/mol. The fraction of sp³-hybridized carbons (Fsp3) is 0.562. The molecule has 21 heavy (non-hydrogen) atoms. The van der Waals surface area contributed by atoms with Crippen molar-refractivity contribution >= 4 is 6.09 Å². The summed E-state index contributed by atoms with van der Waals surface area (Å²) in [6, 6.07) is 6.80. The number of benzene rings is 1. The van der Waals surface area contributed by atoms with Crippen molar-refractivity contribution in [1.82, 2.24) is 10.2 Å². The van der Waals surface area contributed by atoms with Gasteiger partial charge in [0, 0.05) is 12.1 Å². The lowest BCUT2D eigenvalue weighted by atomic mass is 9.72. The number of hydrogen-bond acceptors (Lipinski definition) is 3. The van der Waals surface area contributed by atoms with Gasteiger partial charge in [0.15, 0.2) is 0 Å². The van der Waals surface area contributed by atoms with Crippen molar-refractivity contribution in [3.05, 3.63) is 35.6 Å². The summed E-state index contributed by atoms with van der Waals surface area (Å²) in [5.74, 6) is -0.194. The van der Waals surface area contributed by atoms with Gasteiger partial charge in [-0.1, -0.05) is 12.1 Å². The molecule has 1 saturated heterocycles. The zero-order chi connectivity index (χ0) is 14.7. The van der Waals surface area contributed by atoms with Gasteiger partial charge in [-0.3, -0.25) is 0 Å². The van der Waals surface area contributed by atoms with Crippen LogP contribution in [-0.4, -0.2) is 37.2 Å². The van der Waals surface area contributed by atoms with Gasteiger partial charge in [-0.05, 0) is 49.9 Å². The average molecular weight is 292 g/mol. The second kappa shape index (κ2) is 6.02. The van der Waals surface area contributed by atoms with E-state index >= 15 is 0 Å². The Bertz CT molecular complexity index is 500. The number of cyclic esters (lactones) is 1. The largest absolute Gasteiger partial charge is 0.448 e. The zero-order valence-corrected chi connectivity index (χ0v) is 12.1. The number of nitrogens with one attached hydrogen (secondary N) is 1. The second-order valence-corrected chi connectivity index (χ2v) is 5.82. The highest BCUT2D eigenvalue weighted by atomic mass is 19.1. The molecule has 0 aromatic heterocycles. The third-order valence-corrected chi connectivity index (χ3v) is 4.52. The van der Waals surface area contributed by atoms with Crippen LogP contribution in [-0.2, 0) is 10.3 Å². The van der Waals surface area contributed by atoms with E-state index in [0.717, 1.165) is 37.9 Å². The van der Waals surface area contributed by atoms with Crippen molar-refractivity contribution in [1.29, 1.82) is 0 Å². The molecule has 0 radical (unpaired) electrons. The van der Waals surface area contributed by atoms with Gasteiger partial charge in [-0.15, -0.1) is 0 Å². The van der Waals surface area contributed by atoms with Crippen LogP contribution in [0.4, 0.5) is 9.18 Å². The van der Waals surface area contributed by atoms with E-state index in [2.05, 4.69) is 5.32 Å². The highest BCUT2D eigenvalue weighted by Gasteiger charge is 2.37. The lowest BCUT2D eigenvalue weighted by Crippen LogP contribution is -2.48. The van der Waals surface area contributed by atoms with Crippen LogP contribution in [0.2, 0.25) is 0 Å². The lowest BCUT2D eigenvalue weighted by molar-refractivity contribution is 0.156. The smallest absolute Gasteiger partial charge is 0.409 e. The fourth-order valence-corrected chi connectivity index (χ4v) is 3.09. The summed E-state index contributed by atoms with van der Waals surface area (Å²) < 4.78 is 18.0. The molecule has 0 unspecified atom stereocenters. The molecule has 5 heteroatoms. The van der Waals surface area contributed by atoms with Crippen molar-refractivity contribution in [2.45, 2.75) is 31.2 Å². The maximum Gasteiger partial charge on any atom is 0.409 e. The Balaban J connectivity index is 1.50. The zero-order valence-electron chi connectivity index (χ0n) is 12.1. The number of nitrogens with zero attached hydrogens (tertiary/aromatic N) is 1. The lowest BCUT2D eigenvalue weighted by Gasteiger charge is -2.43. The van der Waals surface area contributed by atoms with Crippen LogP contribution >= 0.6 is 0 Å². The van der Waals surface area contributed by atoms with E-state index in [-0.39, 0.29) is 17.4 Å². The summed E-state index contributed by atoms with van der Waals surface area (Å²) in [4.78, 5) is 13.1. The van der Waals surface area contributed by atoms with Gasteiger partial charge < -0.3 is 15.0 Å². The first-order valence-corrected chi connectivity index (χ1v) is 7.62. The molecule has 1 aliphatic carbocycles. The van der Waals surface area contributed by atoms with Crippen LogP contribution in [0.15, 0.2) is 24.3 Å². The van der Waals surface area contributed by atoms with E-state index < -0.39 is 0 Å². The summed E-state index contributed by atoms with van der Waals surface area (Å²) >= 11 is 0. The van der Waals surface area contributed by atoms with Gasteiger partial charge in [0.1, 0.15) is 12.4 Å². The molecular formula is C16H21FN2O2.